The molecule has 1 amide bonds. The number of nitrogens with zero attached hydrogens (tertiary/aromatic N) is 1. The lowest BCUT2D eigenvalue weighted by Gasteiger charge is -2.36. The maximum Gasteiger partial charge on any atom is 0.405 e. The van der Waals surface area contributed by atoms with Gasteiger partial charge in [-0.1, -0.05) is 32.0 Å². The van der Waals surface area contributed by atoms with Crippen molar-refractivity contribution in [2.75, 3.05) is 32.7 Å². The van der Waals surface area contributed by atoms with Gasteiger partial charge in [-0.3, -0.25) is 9.69 Å². The second kappa shape index (κ2) is 9.62. The van der Waals surface area contributed by atoms with Gasteiger partial charge in [0.15, 0.2) is 0 Å². The number of amides is 1. The lowest BCUT2D eigenvalue weighted by molar-refractivity contribution is -0.184. The maximum atomic E-state index is 13.4. The first-order valence-corrected chi connectivity index (χ1v) is 9.68. The Morgan fingerprint density at radius 2 is 1.85 bits per heavy atom. The number of alkyl halides is 3. The van der Waals surface area contributed by atoms with Gasteiger partial charge in [0.1, 0.15) is 6.04 Å². The van der Waals surface area contributed by atoms with Crippen LogP contribution in [0, 0.1) is 5.92 Å². The third kappa shape index (κ3) is 6.17. The molecule has 2 atom stereocenters. The van der Waals surface area contributed by atoms with E-state index in [4.69, 9.17) is 0 Å². The van der Waals surface area contributed by atoms with Crippen molar-refractivity contribution in [2.45, 2.75) is 36.2 Å². The summed E-state index contributed by atoms with van der Waals surface area (Å²) in [5, 5.41) is 5.16. The van der Waals surface area contributed by atoms with E-state index in [0.29, 0.717) is 26.2 Å². The molecule has 0 bridgehead atoms. The van der Waals surface area contributed by atoms with E-state index in [1.54, 1.807) is 0 Å². The molecule has 1 aromatic carbocycles. The monoisotopic (exact) mass is 389 g/mol. The van der Waals surface area contributed by atoms with E-state index >= 15 is 0 Å². The van der Waals surface area contributed by atoms with E-state index < -0.39 is 24.0 Å². The number of thioether (sulfide) groups is 1. The van der Waals surface area contributed by atoms with Gasteiger partial charge < -0.3 is 10.6 Å². The van der Waals surface area contributed by atoms with Gasteiger partial charge in [-0.05, 0) is 18.1 Å². The van der Waals surface area contributed by atoms with Crippen LogP contribution in [0.15, 0.2) is 35.2 Å². The van der Waals surface area contributed by atoms with Crippen molar-refractivity contribution in [2.24, 2.45) is 5.92 Å². The molecule has 1 aliphatic heterocycles. The third-order valence-corrected chi connectivity index (χ3v) is 5.87. The molecule has 2 N–H and O–H groups in total. The Morgan fingerprint density at radius 1 is 1.23 bits per heavy atom. The Hall–Kier alpha value is -1.25. The molecule has 0 radical (unpaired) electrons. The summed E-state index contributed by atoms with van der Waals surface area (Å²) < 4.78 is 40.3. The second-order valence-electron chi connectivity index (χ2n) is 6.68. The highest BCUT2D eigenvalue weighted by molar-refractivity contribution is 8.00. The van der Waals surface area contributed by atoms with Gasteiger partial charge in [-0.25, -0.2) is 0 Å². The average molecular weight is 389 g/mol. The van der Waals surface area contributed by atoms with Gasteiger partial charge >= 0.3 is 6.18 Å². The molecular formula is C18H26F3N3OS. The highest BCUT2D eigenvalue weighted by Gasteiger charge is 2.44. The highest BCUT2D eigenvalue weighted by Crippen LogP contribution is 2.29. The smallest absolute Gasteiger partial charge is 0.353 e. The minimum atomic E-state index is -4.37. The van der Waals surface area contributed by atoms with Gasteiger partial charge in [0, 0.05) is 37.6 Å². The normalized spacial score (nSPS) is 18.5. The second-order valence-corrected chi connectivity index (χ2v) is 7.90. The number of rotatable bonds is 7. The lowest BCUT2D eigenvalue weighted by atomic mass is 10.1. The molecule has 1 aromatic rings. The van der Waals surface area contributed by atoms with Crippen molar-refractivity contribution in [1.82, 2.24) is 15.5 Å². The molecule has 0 aliphatic carbocycles. The Bertz CT molecular complexity index is 563. The van der Waals surface area contributed by atoms with Gasteiger partial charge in [-0.15, -0.1) is 11.8 Å². The van der Waals surface area contributed by atoms with Crippen LogP contribution in [0.3, 0.4) is 0 Å². The summed E-state index contributed by atoms with van der Waals surface area (Å²) in [5.41, 5.74) is 0. The van der Waals surface area contributed by atoms with E-state index in [9.17, 15) is 18.0 Å². The quantitative estimate of drug-likeness (QED) is 0.704. The molecular weight excluding hydrogens is 363 g/mol. The number of hydrogen-bond acceptors (Lipinski definition) is 4. The summed E-state index contributed by atoms with van der Waals surface area (Å²) in [5.74, 6) is -0.345. The van der Waals surface area contributed by atoms with Crippen LogP contribution in [0.2, 0.25) is 0 Å². The summed E-state index contributed by atoms with van der Waals surface area (Å²) in [7, 11) is 0. The zero-order valence-corrected chi connectivity index (χ0v) is 15.9. The van der Waals surface area contributed by atoms with Gasteiger partial charge in [-0.2, -0.15) is 13.2 Å². The molecule has 8 heteroatoms. The lowest BCUT2D eigenvalue weighted by Crippen LogP contribution is -2.58. The van der Waals surface area contributed by atoms with Gasteiger partial charge in [0.25, 0.3) is 0 Å². The summed E-state index contributed by atoms with van der Waals surface area (Å²) in [4.78, 5) is 14.9. The number of carbonyl (C=O) groups excluding carboxylic acids is 1. The van der Waals surface area contributed by atoms with E-state index in [1.807, 2.05) is 44.2 Å². The van der Waals surface area contributed by atoms with Crippen LogP contribution in [0.1, 0.15) is 13.8 Å². The minimum absolute atomic E-state index is 0.00345. The molecule has 1 heterocycles. The number of benzene rings is 1. The fraction of sp³-hybridized carbons (Fsp3) is 0.611. The number of nitrogens with one attached hydrogen (secondary N) is 2. The first kappa shape index (κ1) is 21.1. The predicted molar refractivity (Wildman–Crippen MR) is 98.2 cm³/mol. The summed E-state index contributed by atoms with van der Waals surface area (Å²) >= 11 is 1.38. The molecule has 0 spiro atoms. The van der Waals surface area contributed by atoms with Crippen LogP contribution in [0.25, 0.3) is 0 Å². The standard InChI is InChI=1S/C18H26F3N3OS/c1-13(2)16(26-14-6-4-3-5-7-14)17(25)23-12-15(18(19,20)21)24-10-8-22-9-11-24/h3-7,13,15-16,22H,8-12H2,1-2H3,(H,23,25). The maximum absolute atomic E-state index is 13.4. The Labute approximate surface area is 156 Å². The Balaban J connectivity index is 2.00. The minimum Gasteiger partial charge on any atom is -0.353 e. The topological polar surface area (TPSA) is 44.4 Å². The van der Waals surface area contributed by atoms with E-state index in [1.165, 1.54) is 16.7 Å². The van der Waals surface area contributed by atoms with Crippen molar-refractivity contribution in [3.63, 3.8) is 0 Å². The molecule has 1 aliphatic rings. The van der Waals surface area contributed by atoms with E-state index in [0.717, 1.165) is 4.90 Å². The fourth-order valence-electron chi connectivity index (χ4n) is 2.88. The molecule has 26 heavy (non-hydrogen) atoms. The summed E-state index contributed by atoms with van der Waals surface area (Å²) in [6.07, 6.45) is -4.37. The summed E-state index contributed by atoms with van der Waals surface area (Å²) in [6, 6.07) is 7.78. The largest absolute Gasteiger partial charge is 0.405 e. The molecule has 0 aromatic heterocycles. The summed E-state index contributed by atoms with van der Waals surface area (Å²) in [6.45, 7) is 5.09. The van der Waals surface area contributed by atoms with Crippen molar-refractivity contribution in [3.05, 3.63) is 30.3 Å². The number of halogens is 3. The van der Waals surface area contributed by atoms with Crippen molar-refractivity contribution in [1.29, 1.82) is 0 Å². The van der Waals surface area contributed by atoms with Crippen molar-refractivity contribution in [3.8, 4) is 0 Å². The van der Waals surface area contributed by atoms with Crippen LogP contribution in [0.4, 0.5) is 13.2 Å². The fourth-order valence-corrected chi connectivity index (χ4v) is 3.95. The Kier molecular flexibility index (Phi) is 7.79. The van der Waals surface area contributed by atoms with Crippen LogP contribution >= 0.6 is 11.8 Å². The van der Waals surface area contributed by atoms with E-state index in [-0.39, 0.29) is 11.8 Å². The van der Waals surface area contributed by atoms with Crippen LogP contribution in [0.5, 0.6) is 0 Å². The molecule has 1 saturated heterocycles. The Morgan fingerprint density at radius 3 is 2.38 bits per heavy atom. The van der Waals surface area contributed by atoms with E-state index in [2.05, 4.69) is 10.6 Å². The molecule has 4 nitrogen and oxygen atoms in total. The van der Waals surface area contributed by atoms with Gasteiger partial charge in [0.05, 0.1) is 5.25 Å². The number of hydrogen-bond donors (Lipinski definition) is 2. The molecule has 2 unspecified atom stereocenters. The van der Waals surface area contributed by atoms with Crippen LogP contribution in [-0.4, -0.2) is 61.0 Å². The third-order valence-electron chi connectivity index (χ3n) is 4.31. The SMILES string of the molecule is CC(C)C(Sc1ccccc1)C(=O)NCC(N1CCNCC1)C(F)(F)F. The molecule has 2 rings (SSSR count). The number of piperazine rings is 1. The van der Waals surface area contributed by atoms with Crippen LogP contribution in [-0.2, 0) is 4.79 Å². The first-order valence-electron chi connectivity index (χ1n) is 8.80. The molecule has 0 saturated carbocycles. The molecule has 1 fully saturated rings. The average Bonchev–Trinajstić information content (AvgIpc) is 2.60. The highest BCUT2D eigenvalue weighted by atomic mass is 32.2. The zero-order valence-electron chi connectivity index (χ0n) is 15.1. The number of carbonyl (C=O) groups is 1. The zero-order chi connectivity index (χ0) is 19.2. The van der Waals surface area contributed by atoms with Crippen molar-refractivity contribution < 1.29 is 18.0 Å². The van der Waals surface area contributed by atoms with Crippen molar-refractivity contribution >= 4 is 17.7 Å². The van der Waals surface area contributed by atoms with Crippen LogP contribution < -0.4 is 10.6 Å². The van der Waals surface area contributed by atoms with Gasteiger partial charge in [0.2, 0.25) is 5.91 Å². The molecule has 146 valence electrons. The predicted octanol–water partition coefficient (Wildman–Crippen LogP) is 2.76. The first-order chi connectivity index (χ1) is 12.3.